The lowest BCUT2D eigenvalue weighted by atomic mass is 10.1. The van der Waals surface area contributed by atoms with E-state index >= 15 is 0 Å². The monoisotopic (exact) mass is 278 g/mol. The minimum Gasteiger partial charge on any atom is -0.385 e. The molecule has 0 aliphatic rings. The lowest BCUT2D eigenvalue weighted by Gasteiger charge is -2.25. The summed E-state index contributed by atoms with van der Waals surface area (Å²) in [5, 5.41) is 3.00. The predicted octanol–water partition coefficient (Wildman–Crippen LogP) is 2.90. The number of carbonyl (C=O) groups is 1. The summed E-state index contributed by atoms with van der Waals surface area (Å²) in [6, 6.07) is 0.203. The van der Waals surface area contributed by atoms with Crippen LogP contribution in [-0.2, 0) is 0 Å². The highest BCUT2D eigenvalue weighted by Crippen LogP contribution is 2.18. The summed E-state index contributed by atoms with van der Waals surface area (Å²) in [6.45, 7) is 8.22. The third-order valence-corrected chi connectivity index (χ3v) is 3.48. The molecule has 0 bridgehead atoms. The number of aromatic nitrogens is 2. The minimum absolute atomic E-state index is 0.0559. The van der Waals surface area contributed by atoms with Crippen LogP contribution in [0.5, 0.6) is 0 Å². The zero-order valence-electron chi connectivity index (χ0n) is 13.4. The van der Waals surface area contributed by atoms with Crippen LogP contribution in [0.1, 0.15) is 62.8 Å². The van der Waals surface area contributed by atoms with Gasteiger partial charge in [-0.25, -0.2) is 9.97 Å². The fraction of sp³-hybridized carbons (Fsp3) is 0.667. The van der Waals surface area contributed by atoms with Crippen molar-refractivity contribution in [3.8, 4) is 0 Å². The Hall–Kier alpha value is -1.65. The van der Waals surface area contributed by atoms with Crippen molar-refractivity contribution in [2.24, 2.45) is 0 Å². The molecule has 5 nitrogen and oxygen atoms in total. The maximum atomic E-state index is 12.6. The largest absolute Gasteiger partial charge is 0.385 e. The smallest absolute Gasteiger partial charge is 0.274 e. The fourth-order valence-electron chi connectivity index (χ4n) is 2.00. The highest BCUT2D eigenvalue weighted by atomic mass is 16.2. The second-order valence-corrected chi connectivity index (χ2v) is 5.45. The molecule has 0 saturated carbocycles. The van der Waals surface area contributed by atoms with Gasteiger partial charge in [0, 0.05) is 26.1 Å². The number of nitrogens with one attached hydrogen (secondary N) is 1. The van der Waals surface area contributed by atoms with Gasteiger partial charge in [0.25, 0.3) is 5.91 Å². The highest BCUT2D eigenvalue weighted by Gasteiger charge is 2.22. The summed E-state index contributed by atoms with van der Waals surface area (Å²) in [5.74, 6) is 0.842. The number of hydrogen-bond acceptors (Lipinski definition) is 4. The van der Waals surface area contributed by atoms with E-state index in [0.717, 1.165) is 12.8 Å². The Balaban J connectivity index is 3.09. The van der Waals surface area contributed by atoms with E-state index < -0.39 is 0 Å². The summed E-state index contributed by atoms with van der Waals surface area (Å²) in [7, 11) is 3.61. The first-order valence-corrected chi connectivity index (χ1v) is 7.24. The minimum atomic E-state index is -0.0559. The Labute approximate surface area is 121 Å². The van der Waals surface area contributed by atoms with E-state index in [2.05, 4.69) is 29.1 Å². The molecule has 0 aliphatic heterocycles. The Morgan fingerprint density at radius 3 is 2.55 bits per heavy atom. The van der Waals surface area contributed by atoms with Crippen LogP contribution in [0.3, 0.4) is 0 Å². The molecule has 1 amide bonds. The van der Waals surface area contributed by atoms with E-state index in [1.165, 1.54) is 0 Å². The van der Waals surface area contributed by atoms with Gasteiger partial charge in [0.1, 0.15) is 5.82 Å². The molecule has 1 rings (SSSR count). The van der Waals surface area contributed by atoms with Crippen LogP contribution in [0.2, 0.25) is 0 Å². The third kappa shape index (κ3) is 3.68. The van der Waals surface area contributed by atoms with Gasteiger partial charge in [-0.2, -0.15) is 0 Å². The second-order valence-electron chi connectivity index (χ2n) is 5.45. The molecule has 0 aromatic carbocycles. The average molecular weight is 278 g/mol. The summed E-state index contributed by atoms with van der Waals surface area (Å²) < 4.78 is 0. The number of rotatable bonds is 6. The SMILES string of the molecule is CCCC(C)N(C)C(=O)c1nc(C(C)C)ncc1NC. The molecule has 1 N–H and O–H groups in total. The van der Waals surface area contributed by atoms with Crippen LogP contribution < -0.4 is 5.32 Å². The van der Waals surface area contributed by atoms with Crippen LogP contribution >= 0.6 is 0 Å². The fourth-order valence-corrected chi connectivity index (χ4v) is 2.00. The molecule has 1 atom stereocenters. The number of carbonyl (C=O) groups excluding carboxylic acids is 1. The van der Waals surface area contributed by atoms with E-state index in [9.17, 15) is 4.79 Å². The van der Waals surface area contributed by atoms with E-state index in [1.807, 2.05) is 20.9 Å². The van der Waals surface area contributed by atoms with Gasteiger partial charge >= 0.3 is 0 Å². The van der Waals surface area contributed by atoms with Crippen LogP contribution in [0.25, 0.3) is 0 Å². The standard InChI is InChI=1S/C15H26N4O/c1-7-8-11(4)19(6)15(20)13-12(16-5)9-17-14(18-13)10(2)3/h9-11,16H,7-8H2,1-6H3. The molecule has 0 fully saturated rings. The quantitative estimate of drug-likeness (QED) is 0.869. The molecule has 1 unspecified atom stereocenters. The Kier molecular flexibility index (Phi) is 5.92. The van der Waals surface area contributed by atoms with Crippen molar-refractivity contribution in [2.45, 2.75) is 52.5 Å². The van der Waals surface area contributed by atoms with E-state index in [-0.39, 0.29) is 17.9 Å². The number of hydrogen-bond donors (Lipinski definition) is 1. The van der Waals surface area contributed by atoms with Gasteiger partial charge in [-0.1, -0.05) is 27.2 Å². The summed E-state index contributed by atoms with van der Waals surface area (Å²) in [6.07, 6.45) is 3.73. The average Bonchev–Trinajstić information content (AvgIpc) is 2.45. The zero-order valence-corrected chi connectivity index (χ0v) is 13.4. The molecule has 5 heteroatoms. The zero-order chi connectivity index (χ0) is 15.3. The van der Waals surface area contributed by atoms with E-state index in [0.29, 0.717) is 17.2 Å². The molecule has 0 spiro atoms. The first-order chi connectivity index (χ1) is 9.42. The Morgan fingerprint density at radius 1 is 1.40 bits per heavy atom. The van der Waals surface area contributed by atoms with Crippen molar-refractivity contribution in [1.82, 2.24) is 14.9 Å². The molecule has 1 aromatic heterocycles. The van der Waals surface area contributed by atoms with E-state index in [4.69, 9.17) is 0 Å². The predicted molar refractivity (Wildman–Crippen MR) is 82.1 cm³/mol. The number of anilines is 1. The highest BCUT2D eigenvalue weighted by molar-refractivity contribution is 5.97. The van der Waals surface area contributed by atoms with Gasteiger partial charge < -0.3 is 10.2 Å². The maximum absolute atomic E-state index is 12.6. The molecule has 0 radical (unpaired) electrons. The van der Waals surface area contributed by atoms with Crippen molar-refractivity contribution in [1.29, 1.82) is 0 Å². The lowest BCUT2D eigenvalue weighted by molar-refractivity contribution is 0.0731. The van der Waals surface area contributed by atoms with Crippen LogP contribution in [0, 0.1) is 0 Å². The Morgan fingerprint density at radius 2 is 2.05 bits per heavy atom. The van der Waals surface area contributed by atoms with Crippen molar-refractivity contribution in [2.75, 3.05) is 19.4 Å². The van der Waals surface area contributed by atoms with Crippen molar-refractivity contribution in [3.05, 3.63) is 17.7 Å². The number of amides is 1. The van der Waals surface area contributed by atoms with Crippen molar-refractivity contribution >= 4 is 11.6 Å². The maximum Gasteiger partial charge on any atom is 0.274 e. The molecule has 20 heavy (non-hydrogen) atoms. The van der Waals surface area contributed by atoms with E-state index in [1.54, 1.807) is 18.1 Å². The van der Waals surface area contributed by atoms with Crippen molar-refractivity contribution in [3.63, 3.8) is 0 Å². The number of nitrogens with zero attached hydrogens (tertiary/aromatic N) is 3. The van der Waals surface area contributed by atoms with Gasteiger partial charge in [0.2, 0.25) is 0 Å². The molecule has 112 valence electrons. The molecule has 1 heterocycles. The third-order valence-electron chi connectivity index (χ3n) is 3.48. The van der Waals surface area contributed by atoms with Crippen LogP contribution in [0.4, 0.5) is 5.69 Å². The first kappa shape index (κ1) is 16.4. The molecule has 0 saturated heterocycles. The van der Waals surface area contributed by atoms with Gasteiger partial charge in [0.15, 0.2) is 5.69 Å². The summed E-state index contributed by atoms with van der Waals surface area (Å²) in [4.78, 5) is 23.1. The van der Waals surface area contributed by atoms with Gasteiger partial charge in [0.05, 0.1) is 11.9 Å². The second kappa shape index (κ2) is 7.22. The van der Waals surface area contributed by atoms with Gasteiger partial charge in [-0.05, 0) is 13.3 Å². The molecular formula is C15H26N4O. The van der Waals surface area contributed by atoms with Crippen LogP contribution in [-0.4, -0.2) is 40.9 Å². The summed E-state index contributed by atoms with van der Waals surface area (Å²) >= 11 is 0. The molecule has 0 aliphatic carbocycles. The first-order valence-electron chi connectivity index (χ1n) is 7.24. The Bertz CT molecular complexity index is 459. The van der Waals surface area contributed by atoms with Crippen LogP contribution in [0.15, 0.2) is 6.20 Å². The van der Waals surface area contributed by atoms with Crippen molar-refractivity contribution < 1.29 is 4.79 Å². The normalized spacial score (nSPS) is 12.3. The lowest BCUT2D eigenvalue weighted by Crippen LogP contribution is -2.36. The summed E-state index contributed by atoms with van der Waals surface area (Å²) in [5.41, 5.74) is 1.13. The molecule has 1 aromatic rings. The molecular weight excluding hydrogens is 252 g/mol. The van der Waals surface area contributed by atoms with Gasteiger partial charge in [-0.15, -0.1) is 0 Å². The topological polar surface area (TPSA) is 58.1 Å². The van der Waals surface area contributed by atoms with Gasteiger partial charge in [-0.3, -0.25) is 4.79 Å².